The molecule has 5 nitrogen and oxygen atoms in total. The summed E-state index contributed by atoms with van der Waals surface area (Å²) >= 11 is 0. The fourth-order valence-electron chi connectivity index (χ4n) is 4.12. The first kappa shape index (κ1) is 18.9. The third kappa shape index (κ3) is 5.31. The zero-order valence-electron chi connectivity index (χ0n) is 15.8. The van der Waals surface area contributed by atoms with E-state index in [-0.39, 0.29) is 18.2 Å². The number of hydrogen-bond acceptors (Lipinski definition) is 3. The summed E-state index contributed by atoms with van der Waals surface area (Å²) in [4.78, 5) is 29.4. The van der Waals surface area contributed by atoms with E-state index in [0.29, 0.717) is 12.5 Å². The van der Waals surface area contributed by atoms with Gasteiger partial charge >= 0.3 is 0 Å². The molecule has 0 aliphatic carbocycles. The molecule has 2 amide bonds. The van der Waals surface area contributed by atoms with Crippen molar-refractivity contribution in [3.63, 3.8) is 0 Å². The Balaban J connectivity index is 1.47. The van der Waals surface area contributed by atoms with Crippen LogP contribution >= 0.6 is 0 Å². The fourth-order valence-corrected chi connectivity index (χ4v) is 4.12. The zero-order chi connectivity index (χ0) is 18.4. The van der Waals surface area contributed by atoms with Gasteiger partial charge in [0.1, 0.15) is 0 Å². The molecule has 142 valence electrons. The number of amides is 2. The molecule has 5 heteroatoms. The van der Waals surface area contributed by atoms with E-state index in [0.717, 1.165) is 50.6 Å². The number of likely N-dealkylation sites (tertiary alicyclic amines) is 2. The quantitative estimate of drug-likeness (QED) is 0.851. The molecule has 2 atom stereocenters. The maximum atomic E-state index is 12.7. The number of carbonyl (C=O) groups excluding carboxylic acids is 2. The van der Waals surface area contributed by atoms with Gasteiger partial charge in [0.05, 0.1) is 0 Å². The van der Waals surface area contributed by atoms with E-state index in [4.69, 9.17) is 0 Å². The molecule has 1 N–H and O–H groups in total. The van der Waals surface area contributed by atoms with Crippen LogP contribution in [0, 0.1) is 5.92 Å². The van der Waals surface area contributed by atoms with Crippen LogP contribution in [0.15, 0.2) is 30.3 Å². The summed E-state index contributed by atoms with van der Waals surface area (Å²) in [5.74, 6) is 0.807. The van der Waals surface area contributed by atoms with Crippen molar-refractivity contribution in [3.8, 4) is 0 Å². The predicted octanol–water partition coefficient (Wildman–Crippen LogP) is 3.13. The molecule has 2 aliphatic heterocycles. The van der Waals surface area contributed by atoms with Crippen molar-refractivity contribution in [2.45, 2.75) is 51.5 Å². The lowest BCUT2D eigenvalue weighted by atomic mass is 10.0. The van der Waals surface area contributed by atoms with Gasteiger partial charge in [0, 0.05) is 44.2 Å². The van der Waals surface area contributed by atoms with E-state index in [1.165, 1.54) is 12.8 Å². The van der Waals surface area contributed by atoms with E-state index in [2.05, 4.69) is 17.1 Å². The van der Waals surface area contributed by atoms with Crippen LogP contribution in [0.1, 0.15) is 45.4 Å². The molecular weight excluding hydrogens is 326 g/mol. The molecule has 2 saturated heterocycles. The van der Waals surface area contributed by atoms with E-state index in [9.17, 15) is 9.59 Å². The smallest absolute Gasteiger partial charge is 0.224 e. The number of piperidine rings is 1. The Bertz CT molecular complexity index is 605. The largest absolute Gasteiger partial charge is 0.338 e. The van der Waals surface area contributed by atoms with E-state index < -0.39 is 0 Å². The summed E-state index contributed by atoms with van der Waals surface area (Å²) in [5.41, 5.74) is 0.781. The Morgan fingerprint density at radius 3 is 2.62 bits per heavy atom. The van der Waals surface area contributed by atoms with E-state index in [1.807, 2.05) is 35.2 Å². The van der Waals surface area contributed by atoms with Crippen molar-refractivity contribution >= 4 is 17.5 Å². The van der Waals surface area contributed by atoms with Gasteiger partial charge in [0.25, 0.3) is 0 Å². The molecule has 2 aliphatic rings. The monoisotopic (exact) mass is 357 g/mol. The highest BCUT2D eigenvalue weighted by Gasteiger charge is 2.30. The van der Waals surface area contributed by atoms with E-state index in [1.54, 1.807) is 0 Å². The minimum absolute atomic E-state index is 0.0912. The number of carbonyl (C=O) groups is 2. The highest BCUT2D eigenvalue weighted by Crippen LogP contribution is 2.22. The van der Waals surface area contributed by atoms with E-state index >= 15 is 0 Å². The van der Waals surface area contributed by atoms with Crippen molar-refractivity contribution < 1.29 is 9.59 Å². The first-order valence-electron chi connectivity index (χ1n) is 9.98. The second-order valence-electron chi connectivity index (χ2n) is 7.80. The Morgan fingerprint density at radius 1 is 1.08 bits per heavy atom. The number of nitrogens with zero attached hydrogens (tertiary/aromatic N) is 2. The molecule has 26 heavy (non-hydrogen) atoms. The van der Waals surface area contributed by atoms with Crippen LogP contribution in [-0.4, -0.2) is 53.8 Å². The lowest BCUT2D eigenvalue weighted by Gasteiger charge is -2.38. The maximum absolute atomic E-state index is 12.7. The van der Waals surface area contributed by atoms with Gasteiger partial charge in [-0.2, -0.15) is 0 Å². The van der Waals surface area contributed by atoms with Crippen LogP contribution in [0.5, 0.6) is 0 Å². The SMILES string of the molecule is C[C@H]1CCN(C[C@@H]2CCCCN2C(=O)CCC(=O)Nc2ccccc2)C1. The van der Waals surface area contributed by atoms with Crippen LogP contribution in [0.2, 0.25) is 0 Å². The molecule has 0 spiro atoms. The third-order valence-corrected chi connectivity index (χ3v) is 5.55. The number of benzene rings is 1. The Morgan fingerprint density at radius 2 is 1.88 bits per heavy atom. The average Bonchev–Trinajstić information content (AvgIpc) is 3.06. The predicted molar refractivity (Wildman–Crippen MR) is 104 cm³/mol. The van der Waals surface area contributed by atoms with Crippen LogP contribution in [0.25, 0.3) is 0 Å². The molecule has 0 aromatic heterocycles. The molecule has 1 aromatic carbocycles. The van der Waals surface area contributed by atoms with Gasteiger partial charge in [0.2, 0.25) is 11.8 Å². The Labute approximate surface area is 156 Å². The minimum Gasteiger partial charge on any atom is -0.338 e. The molecule has 2 heterocycles. The molecule has 0 bridgehead atoms. The van der Waals surface area contributed by atoms with Crippen molar-refractivity contribution in [1.82, 2.24) is 9.80 Å². The van der Waals surface area contributed by atoms with Crippen LogP contribution in [0.4, 0.5) is 5.69 Å². The zero-order valence-corrected chi connectivity index (χ0v) is 15.8. The van der Waals surface area contributed by atoms with Gasteiger partial charge in [-0.15, -0.1) is 0 Å². The van der Waals surface area contributed by atoms with Crippen molar-refractivity contribution in [2.24, 2.45) is 5.92 Å². The molecular formula is C21H31N3O2. The van der Waals surface area contributed by atoms with Crippen molar-refractivity contribution in [2.75, 3.05) is 31.5 Å². The summed E-state index contributed by atoms with van der Waals surface area (Å²) in [5, 5.41) is 2.86. The van der Waals surface area contributed by atoms with Gasteiger partial charge in [0.15, 0.2) is 0 Å². The fraction of sp³-hybridized carbons (Fsp3) is 0.619. The number of hydrogen-bond donors (Lipinski definition) is 1. The summed E-state index contributed by atoms with van der Waals surface area (Å²) in [6.07, 6.45) is 5.18. The number of anilines is 1. The van der Waals surface area contributed by atoms with Crippen molar-refractivity contribution in [1.29, 1.82) is 0 Å². The third-order valence-electron chi connectivity index (χ3n) is 5.55. The maximum Gasteiger partial charge on any atom is 0.224 e. The average molecular weight is 357 g/mol. The summed E-state index contributed by atoms with van der Waals surface area (Å²) in [6.45, 7) is 6.44. The molecule has 0 unspecified atom stereocenters. The van der Waals surface area contributed by atoms with Crippen molar-refractivity contribution in [3.05, 3.63) is 30.3 Å². The van der Waals surface area contributed by atoms with Gasteiger partial charge < -0.3 is 15.1 Å². The number of rotatable bonds is 6. The highest BCUT2D eigenvalue weighted by atomic mass is 16.2. The molecule has 3 rings (SSSR count). The Hall–Kier alpha value is -1.88. The second kappa shape index (κ2) is 9.17. The Kier molecular flexibility index (Phi) is 6.67. The number of para-hydroxylation sites is 1. The minimum atomic E-state index is -0.0912. The van der Waals surface area contributed by atoms with Crippen LogP contribution < -0.4 is 5.32 Å². The molecule has 1 aromatic rings. The van der Waals surface area contributed by atoms with Gasteiger partial charge in [-0.3, -0.25) is 9.59 Å². The molecule has 2 fully saturated rings. The lowest BCUT2D eigenvalue weighted by molar-refractivity contribution is -0.136. The lowest BCUT2D eigenvalue weighted by Crippen LogP contribution is -2.49. The number of nitrogens with one attached hydrogen (secondary N) is 1. The summed E-state index contributed by atoms with van der Waals surface area (Å²) < 4.78 is 0. The molecule has 0 radical (unpaired) electrons. The highest BCUT2D eigenvalue weighted by molar-refractivity contribution is 5.93. The van der Waals surface area contributed by atoms with Gasteiger partial charge in [-0.05, 0) is 50.3 Å². The summed E-state index contributed by atoms with van der Waals surface area (Å²) in [7, 11) is 0. The second-order valence-corrected chi connectivity index (χ2v) is 7.80. The van der Waals surface area contributed by atoms with Crippen LogP contribution in [0.3, 0.4) is 0 Å². The topological polar surface area (TPSA) is 52.7 Å². The molecule has 0 saturated carbocycles. The van der Waals surface area contributed by atoms with Gasteiger partial charge in [-0.25, -0.2) is 0 Å². The first-order chi connectivity index (χ1) is 12.6. The summed E-state index contributed by atoms with van der Waals surface area (Å²) in [6, 6.07) is 9.72. The first-order valence-corrected chi connectivity index (χ1v) is 9.98. The van der Waals surface area contributed by atoms with Crippen LogP contribution in [-0.2, 0) is 9.59 Å². The van der Waals surface area contributed by atoms with Gasteiger partial charge in [-0.1, -0.05) is 25.1 Å². The normalized spacial score (nSPS) is 23.8. The standard InChI is InChI=1S/C21H31N3O2/c1-17-12-14-23(15-17)16-19-9-5-6-13-24(19)21(26)11-10-20(25)22-18-7-3-2-4-8-18/h2-4,7-8,17,19H,5-6,9-16H2,1H3,(H,22,25)/t17-,19-/m0/s1.